The number of hydrogen-bond donors (Lipinski definition) is 1. The highest BCUT2D eigenvalue weighted by atomic mass is 32.2. The third-order valence-electron chi connectivity index (χ3n) is 3.61. The van der Waals surface area contributed by atoms with Crippen molar-refractivity contribution in [2.24, 2.45) is 0 Å². The highest BCUT2D eigenvalue weighted by molar-refractivity contribution is 7.99. The van der Waals surface area contributed by atoms with Crippen LogP contribution in [-0.2, 0) is 0 Å². The molecule has 0 fully saturated rings. The van der Waals surface area contributed by atoms with E-state index < -0.39 is 0 Å². The van der Waals surface area contributed by atoms with Crippen LogP contribution < -0.4 is 5.32 Å². The van der Waals surface area contributed by atoms with E-state index in [2.05, 4.69) is 16.4 Å². The monoisotopic (exact) mass is 365 g/mol. The van der Waals surface area contributed by atoms with Crippen LogP contribution in [0, 0.1) is 25.2 Å². The summed E-state index contributed by atoms with van der Waals surface area (Å²) in [5, 5.41) is 12.7. The van der Waals surface area contributed by atoms with Crippen molar-refractivity contribution in [2.75, 3.05) is 5.32 Å². The summed E-state index contributed by atoms with van der Waals surface area (Å²) >= 11 is 2.87. The Morgan fingerprint density at radius 3 is 2.48 bits per heavy atom. The molecule has 0 aliphatic carbocycles. The van der Waals surface area contributed by atoms with Gasteiger partial charge < -0.3 is 0 Å². The van der Waals surface area contributed by atoms with Gasteiger partial charge in [0.15, 0.2) is 5.13 Å². The van der Waals surface area contributed by atoms with Gasteiger partial charge in [-0.1, -0.05) is 36.0 Å². The molecule has 0 aliphatic rings. The van der Waals surface area contributed by atoms with Gasteiger partial charge in [0.2, 0.25) is 0 Å². The van der Waals surface area contributed by atoms with Crippen LogP contribution in [0.3, 0.4) is 0 Å². The van der Waals surface area contributed by atoms with Crippen molar-refractivity contribution in [1.29, 1.82) is 5.26 Å². The lowest BCUT2D eigenvalue weighted by Crippen LogP contribution is -2.12. The number of carbonyl (C=O) groups excluding carboxylic acids is 1. The molecule has 0 saturated carbocycles. The number of nitrogens with one attached hydrogen (secondary N) is 1. The number of nitriles is 1. The summed E-state index contributed by atoms with van der Waals surface area (Å²) in [6.45, 7) is 3.90. The maximum absolute atomic E-state index is 12.7. The van der Waals surface area contributed by atoms with Gasteiger partial charge in [0.1, 0.15) is 6.07 Å². The highest BCUT2D eigenvalue weighted by Gasteiger charge is 2.15. The molecule has 0 saturated heterocycles. The SMILES string of the molecule is Cc1nc(NC(=O)c2ccccc2Sc2ccccc2C#N)sc1C. The Labute approximate surface area is 154 Å². The molecule has 3 rings (SSSR count). The standard InChI is InChI=1S/C19H15N3OS2/c1-12-13(2)24-19(21-12)22-18(23)15-8-4-6-10-17(15)25-16-9-5-3-7-14(16)11-20/h3-10H,1-2H3,(H,21,22,23). The van der Waals surface area contributed by atoms with Gasteiger partial charge in [0.25, 0.3) is 5.91 Å². The van der Waals surface area contributed by atoms with Crippen LogP contribution in [0.4, 0.5) is 5.13 Å². The van der Waals surface area contributed by atoms with Crippen LogP contribution in [0.25, 0.3) is 0 Å². The number of anilines is 1. The van der Waals surface area contributed by atoms with Crippen LogP contribution in [0.5, 0.6) is 0 Å². The van der Waals surface area contributed by atoms with Crippen molar-refractivity contribution >= 4 is 34.1 Å². The zero-order valence-electron chi connectivity index (χ0n) is 13.7. The number of aryl methyl sites for hydroxylation is 2. The third kappa shape index (κ3) is 3.90. The Hall–Kier alpha value is -2.62. The van der Waals surface area contributed by atoms with E-state index in [9.17, 15) is 10.1 Å². The predicted molar refractivity (Wildman–Crippen MR) is 101 cm³/mol. The van der Waals surface area contributed by atoms with Gasteiger partial charge in [-0.05, 0) is 38.1 Å². The average molecular weight is 365 g/mol. The molecule has 1 N–H and O–H groups in total. The summed E-state index contributed by atoms with van der Waals surface area (Å²) in [5.74, 6) is -0.203. The molecule has 0 spiro atoms. The van der Waals surface area contributed by atoms with E-state index in [0.29, 0.717) is 16.3 Å². The zero-order chi connectivity index (χ0) is 17.8. The molecule has 25 heavy (non-hydrogen) atoms. The van der Waals surface area contributed by atoms with Crippen molar-refractivity contribution < 1.29 is 4.79 Å². The normalized spacial score (nSPS) is 10.3. The van der Waals surface area contributed by atoms with Crippen molar-refractivity contribution in [2.45, 2.75) is 23.6 Å². The molecule has 6 heteroatoms. The Bertz CT molecular complexity index is 953. The first kappa shape index (κ1) is 17.2. The summed E-state index contributed by atoms with van der Waals surface area (Å²) in [4.78, 5) is 19.7. The number of hydrogen-bond acceptors (Lipinski definition) is 5. The Morgan fingerprint density at radius 1 is 1.12 bits per heavy atom. The molecular formula is C19H15N3OS2. The van der Waals surface area contributed by atoms with E-state index in [0.717, 1.165) is 20.4 Å². The van der Waals surface area contributed by atoms with Crippen LogP contribution in [0.15, 0.2) is 58.3 Å². The predicted octanol–water partition coefficient (Wildman–Crippen LogP) is 5.04. The van der Waals surface area contributed by atoms with Crippen molar-refractivity contribution in [3.63, 3.8) is 0 Å². The molecule has 1 heterocycles. The Balaban J connectivity index is 1.88. The van der Waals surface area contributed by atoms with Crippen LogP contribution in [-0.4, -0.2) is 10.9 Å². The van der Waals surface area contributed by atoms with Gasteiger partial charge in [-0.25, -0.2) is 4.98 Å². The second-order valence-electron chi connectivity index (χ2n) is 5.32. The molecule has 0 atom stereocenters. The van der Waals surface area contributed by atoms with E-state index in [-0.39, 0.29) is 5.91 Å². The van der Waals surface area contributed by atoms with Gasteiger partial charge in [0, 0.05) is 14.7 Å². The first-order valence-corrected chi connectivity index (χ1v) is 9.23. The minimum Gasteiger partial charge on any atom is -0.298 e. The number of amides is 1. The topological polar surface area (TPSA) is 65.8 Å². The fourth-order valence-electron chi connectivity index (χ4n) is 2.20. The van der Waals surface area contributed by atoms with E-state index in [1.165, 1.54) is 23.1 Å². The number of benzene rings is 2. The number of nitrogens with zero attached hydrogens (tertiary/aromatic N) is 2. The first-order valence-electron chi connectivity index (χ1n) is 7.60. The lowest BCUT2D eigenvalue weighted by molar-refractivity contribution is 0.102. The second-order valence-corrected chi connectivity index (χ2v) is 7.61. The lowest BCUT2D eigenvalue weighted by Gasteiger charge is -2.09. The summed E-state index contributed by atoms with van der Waals surface area (Å²) in [6, 6.07) is 16.9. The number of rotatable bonds is 4. The quantitative estimate of drug-likeness (QED) is 0.704. The van der Waals surface area contributed by atoms with Crippen LogP contribution in [0.2, 0.25) is 0 Å². The Morgan fingerprint density at radius 2 is 1.80 bits per heavy atom. The van der Waals surface area contributed by atoms with Crippen molar-refractivity contribution in [3.8, 4) is 6.07 Å². The van der Waals surface area contributed by atoms with E-state index in [1.54, 1.807) is 12.1 Å². The van der Waals surface area contributed by atoms with E-state index in [4.69, 9.17) is 0 Å². The number of thiazole rings is 1. The molecule has 0 unspecified atom stereocenters. The second kappa shape index (κ2) is 7.51. The molecule has 124 valence electrons. The van der Waals surface area contributed by atoms with E-state index >= 15 is 0 Å². The summed E-state index contributed by atoms with van der Waals surface area (Å²) in [7, 11) is 0. The molecule has 1 aromatic heterocycles. The van der Waals surface area contributed by atoms with Gasteiger partial charge in [-0.2, -0.15) is 5.26 Å². The molecule has 0 radical (unpaired) electrons. The van der Waals surface area contributed by atoms with Crippen molar-refractivity contribution in [1.82, 2.24) is 4.98 Å². The molecule has 0 bridgehead atoms. The summed E-state index contributed by atoms with van der Waals surface area (Å²) < 4.78 is 0. The maximum Gasteiger partial charge on any atom is 0.258 e. The van der Waals surface area contributed by atoms with Gasteiger partial charge in [0.05, 0.1) is 16.8 Å². The molecule has 2 aromatic carbocycles. The molecule has 3 aromatic rings. The lowest BCUT2D eigenvalue weighted by atomic mass is 10.2. The fraction of sp³-hybridized carbons (Fsp3) is 0.105. The summed E-state index contributed by atoms with van der Waals surface area (Å²) in [5.41, 5.74) is 2.07. The molecule has 1 amide bonds. The van der Waals surface area contributed by atoms with Gasteiger partial charge in [-0.15, -0.1) is 11.3 Å². The Kier molecular flexibility index (Phi) is 5.17. The van der Waals surface area contributed by atoms with Crippen molar-refractivity contribution in [3.05, 3.63) is 70.2 Å². The van der Waals surface area contributed by atoms with Crippen LogP contribution >= 0.6 is 23.1 Å². The number of carbonyl (C=O) groups is 1. The minimum absolute atomic E-state index is 0.203. The summed E-state index contributed by atoms with van der Waals surface area (Å²) in [6.07, 6.45) is 0. The minimum atomic E-state index is -0.203. The highest BCUT2D eigenvalue weighted by Crippen LogP contribution is 2.33. The average Bonchev–Trinajstić information content (AvgIpc) is 2.93. The zero-order valence-corrected chi connectivity index (χ0v) is 15.4. The third-order valence-corrected chi connectivity index (χ3v) is 5.75. The number of aromatic nitrogens is 1. The fourth-order valence-corrected chi connectivity index (χ4v) is 4.03. The smallest absolute Gasteiger partial charge is 0.258 e. The van der Waals surface area contributed by atoms with Gasteiger partial charge >= 0.3 is 0 Å². The molecule has 4 nitrogen and oxygen atoms in total. The molecular weight excluding hydrogens is 350 g/mol. The van der Waals surface area contributed by atoms with Gasteiger partial charge in [-0.3, -0.25) is 10.1 Å². The van der Waals surface area contributed by atoms with E-state index in [1.807, 2.05) is 50.2 Å². The van der Waals surface area contributed by atoms with Crippen LogP contribution in [0.1, 0.15) is 26.5 Å². The first-order chi connectivity index (χ1) is 12.1. The molecule has 0 aliphatic heterocycles. The largest absolute Gasteiger partial charge is 0.298 e. The maximum atomic E-state index is 12.7.